The molecule has 1 aromatic rings. The van der Waals surface area contributed by atoms with Gasteiger partial charge in [0.1, 0.15) is 6.04 Å². The van der Waals surface area contributed by atoms with Gasteiger partial charge in [-0.2, -0.15) is 0 Å². The molecular weight excluding hydrogens is 246 g/mol. The summed E-state index contributed by atoms with van der Waals surface area (Å²) in [4.78, 5) is 13.2. The van der Waals surface area contributed by atoms with Gasteiger partial charge in [0.2, 0.25) is 6.41 Å². The molecule has 5 heteroatoms. The molecule has 2 unspecified atom stereocenters. The van der Waals surface area contributed by atoms with E-state index < -0.39 is 12.5 Å². The van der Waals surface area contributed by atoms with Gasteiger partial charge in [0.15, 0.2) is 0 Å². The highest BCUT2D eigenvalue weighted by molar-refractivity contribution is 5.75. The fraction of sp³-hybridized carbons (Fsp3) is 0.500. The van der Waals surface area contributed by atoms with Crippen LogP contribution in [-0.2, 0) is 20.9 Å². The summed E-state index contributed by atoms with van der Waals surface area (Å²) in [5.41, 5.74) is 0.982. The summed E-state index contributed by atoms with van der Waals surface area (Å²) in [6.45, 7) is 0.947. The van der Waals surface area contributed by atoms with Crippen LogP contribution in [-0.4, -0.2) is 42.1 Å². The minimum atomic E-state index is -1.08. The molecule has 1 fully saturated rings. The maximum atomic E-state index is 11.6. The third-order valence-corrected chi connectivity index (χ3v) is 3.29. The lowest BCUT2D eigenvalue weighted by Crippen LogP contribution is -2.44. The second-order valence-corrected chi connectivity index (χ2v) is 4.54. The molecule has 0 spiro atoms. The molecule has 19 heavy (non-hydrogen) atoms. The van der Waals surface area contributed by atoms with Gasteiger partial charge in [0.25, 0.3) is 0 Å². The van der Waals surface area contributed by atoms with Crippen LogP contribution < -0.4 is 0 Å². The van der Waals surface area contributed by atoms with Crippen molar-refractivity contribution in [1.29, 1.82) is 0 Å². The van der Waals surface area contributed by atoms with E-state index in [2.05, 4.69) is 0 Å². The van der Waals surface area contributed by atoms with Crippen LogP contribution in [0.25, 0.3) is 0 Å². The van der Waals surface area contributed by atoms with E-state index in [-0.39, 0.29) is 5.97 Å². The lowest BCUT2D eigenvalue weighted by molar-refractivity contribution is -0.209. The minimum absolute atomic E-state index is 0.312. The molecule has 1 N–H and O–H groups in total. The molecule has 0 bridgehead atoms. The van der Waals surface area contributed by atoms with Crippen LogP contribution in [0.4, 0.5) is 0 Å². The van der Waals surface area contributed by atoms with Crippen molar-refractivity contribution in [3.63, 3.8) is 0 Å². The summed E-state index contributed by atoms with van der Waals surface area (Å²) in [7, 11) is 1.36. The van der Waals surface area contributed by atoms with Gasteiger partial charge >= 0.3 is 5.97 Å². The Morgan fingerprint density at radius 1 is 1.47 bits per heavy atom. The lowest BCUT2D eigenvalue weighted by Gasteiger charge is -2.27. The summed E-state index contributed by atoms with van der Waals surface area (Å²) in [5, 5.41) is 10.0. The predicted molar refractivity (Wildman–Crippen MR) is 69.0 cm³/mol. The van der Waals surface area contributed by atoms with Crippen LogP contribution in [0.15, 0.2) is 30.3 Å². The Bertz CT molecular complexity index is 409. The summed E-state index contributed by atoms with van der Waals surface area (Å²) >= 11 is 0. The van der Waals surface area contributed by atoms with Gasteiger partial charge in [-0.1, -0.05) is 30.3 Å². The highest BCUT2D eigenvalue weighted by atomic mass is 16.6. The average molecular weight is 265 g/mol. The molecule has 1 aromatic carbocycles. The van der Waals surface area contributed by atoms with E-state index in [9.17, 15) is 9.90 Å². The second kappa shape index (κ2) is 6.65. The van der Waals surface area contributed by atoms with E-state index in [1.54, 1.807) is 4.90 Å². The van der Waals surface area contributed by atoms with Crippen molar-refractivity contribution in [2.45, 2.75) is 31.9 Å². The molecule has 1 saturated heterocycles. The maximum Gasteiger partial charge on any atom is 0.323 e. The van der Waals surface area contributed by atoms with Crippen LogP contribution in [0.2, 0.25) is 0 Å². The topological polar surface area (TPSA) is 59.0 Å². The van der Waals surface area contributed by atoms with E-state index in [1.807, 2.05) is 30.3 Å². The number of esters is 1. The first-order valence-electron chi connectivity index (χ1n) is 6.39. The Labute approximate surface area is 112 Å². The van der Waals surface area contributed by atoms with E-state index in [1.165, 1.54) is 7.11 Å². The molecule has 0 saturated carbocycles. The van der Waals surface area contributed by atoms with Crippen LogP contribution in [0.3, 0.4) is 0 Å². The molecule has 2 atom stereocenters. The molecule has 0 aromatic heterocycles. The zero-order chi connectivity index (χ0) is 13.7. The van der Waals surface area contributed by atoms with Crippen molar-refractivity contribution >= 4 is 5.97 Å². The van der Waals surface area contributed by atoms with E-state index in [0.717, 1.165) is 12.0 Å². The number of rotatable bonds is 5. The molecule has 5 nitrogen and oxygen atoms in total. The van der Waals surface area contributed by atoms with Crippen molar-refractivity contribution in [2.24, 2.45) is 0 Å². The quantitative estimate of drug-likeness (QED) is 0.638. The summed E-state index contributed by atoms with van der Waals surface area (Å²) < 4.78 is 10.1. The normalized spacial score (nSPS) is 21.3. The number of methoxy groups -OCH3 is 1. The van der Waals surface area contributed by atoms with Gasteiger partial charge in [-0.25, -0.2) is 4.90 Å². The second-order valence-electron chi connectivity index (χ2n) is 4.54. The molecule has 0 amide bonds. The largest absolute Gasteiger partial charge is 0.468 e. The van der Waals surface area contributed by atoms with Gasteiger partial charge in [0, 0.05) is 6.54 Å². The smallest absolute Gasteiger partial charge is 0.323 e. The molecule has 1 aliphatic rings. The summed E-state index contributed by atoms with van der Waals surface area (Å²) in [6, 6.07) is 9.20. The molecule has 2 rings (SSSR count). The Morgan fingerprint density at radius 3 is 2.89 bits per heavy atom. The summed E-state index contributed by atoms with van der Waals surface area (Å²) in [5.74, 6) is -0.320. The first-order chi connectivity index (χ1) is 9.22. The average Bonchev–Trinajstić information content (AvgIpc) is 2.94. The van der Waals surface area contributed by atoms with Crippen molar-refractivity contribution in [1.82, 2.24) is 4.90 Å². The molecular formula is C14H19NO4. The number of hydrogen-bond acceptors (Lipinski definition) is 5. The number of nitrogens with zero attached hydrogens (tertiary/aromatic N) is 1. The monoisotopic (exact) mass is 265 g/mol. The van der Waals surface area contributed by atoms with E-state index in [4.69, 9.17) is 9.47 Å². The number of aliphatic hydroxyl groups is 1. The maximum absolute atomic E-state index is 11.6. The van der Waals surface area contributed by atoms with Crippen LogP contribution in [0.5, 0.6) is 0 Å². The van der Waals surface area contributed by atoms with Crippen LogP contribution in [0, 0.1) is 0 Å². The van der Waals surface area contributed by atoms with Gasteiger partial charge in [-0.3, -0.25) is 4.79 Å². The lowest BCUT2D eigenvalue weighted by atomic mass is 10.2. The highest BCUT2D eigenvalue weighted by Gasteiger charge is 2.35. The molecule has 0 radical (unpaired) electrons. The van der Waals surface area contributed by atoms with Crippen LogP contribution >= 0.6 is 0 Å². The number of ether oxygens (including phenoxy) is 2. The molecule has 0 aliphatic carbocycles. The number of hydrogen-bond donors (Lipinski definition) is 1. The predicted octanol–water partition coefficient (Wildman–Crippen LogP) is 1.12. The minimum Gasteiger partial charge on any atom is -0.468 e. The standard InChI is InChI=1S/C14H19NO4/c1-18-13(16)12-8-5-9-15(12)14(17)19-10-11-6-3-2-4-7-11/h2-4,6-7,12,14,17H,5,8-10H2,1H3. The van der Waals surface area contributed by atoms with Gasteiger partial charge in [0.05, 0.1) is 13.7 Å². The molecule has 1 aliphatic heterocycles. The number of benzene rings is 1. The van der Waals surface area contributed by atoms with Gasteiger partial charge in [-0.05, 0) is 18.4 Å². The Kier molecular flexibility index (Phi) is 4.90. The zero-order valence-electron chi connectivity index (χ0n) is 11.0. The van der Waals surface area contributed by atoms with Crippen molar-refractivity contribution in [3.8, 4) is 0 Å². The Balaban J connectivity index is 1.88. The van der Waals surface area contributed by atoms with Crippen LogP contribution in [0.1, 0.15) is 18.4 Å². The van der Waals surface area contributed by atoms with Gasteiger partial charge < -0.3 is 14.6 Å². The number of likely N-dealkylation sites (tertiary alicyclic amines) is 1. The fourth-order valence-corrected chi connectivity index (χ4v) is 2.28. The number of carbonyl (C=O) groups excluding carboxylic acids is 1. The molecule has 104 valence electrons. The summed E-state index contributed by atoms with van der Waals surface area (Å²) in [6.07, 6.45) is 0.469. The Morgan fingerprint density at radius 2 is 2.21 bits per heavy atom. The first-order valence-corrected chi connectivity index (χ1v) is 6.39. The SMILES string of the molecule is COC(=O)C1CCCN1C(O)OCc1ccccc1. The first kappa shape index (κ1) is 14.0. The zero-order valence-corrected chi connectivity index (χ0v) is 11.0. The van der Waals surface area contributed by atoms with Crippen molar-refractivity contribution < 1.29 is 19.4 Å². The third kappa shape index (κ3) is 3.53. The van der Waals surface area contributed by atoms with Crippen molar-refractivity contribution in [2.75, 3.05) is 13.7 Å². The highest BCUT2D eigenvalue weighted by Crippen LogP contribution is 2.21. The number of aliphatic hydroxyl groups excluding tert-OH is 1. The van der Waals surface area contributed by atoms with E-state index >= 15 is 0 Å². The Hall–Kier alpha value is -1.43. The third-order valence-electron chi connectivity index (χ3n) is 3.29. The fourth-order valence-electron chi connectivity index (χ4n) is 2.28. The van der Waals surface area contributed by atoms with Gasteiger partial charge in [-0.15, -0.1) is 0 Å². The van der Waals surface area contributed by atoms with E-state index in [0.29, 0.717) is 19.6 Å². The molecule has 1 heterocycles. The number of carbonyl (C=O) groups is 1. The van der Waals surface area contributed by atoms with Crippen molar-refractivity contribution in [3.05, 3.63) is 35.9 Å².